The van der Waals surface area contributed by atoms with E-state index in [-0.39, 0.29) is 12.8 Å². The van der Waals surface area contributed by atoms with E-state index in [1.807, 2.05) is 0 Å². The van der Waals surface area contributed by atoms with Gasteiger partial charge in [0.15, 0.2) is 0 Å². The summed E-state index contributed by atoms with van der Waals surface area (Å²) in [6.45, 7) is 5.09. The van der Waals surface area contributed by atoms with Crippen molar-refractivity contribution in [2.24, 2.45) is 0 Å². The molecule has 0 aliphatic heterocycles. The van der Waals surface area contributed by atoms with E-state index in [1.54, 1.807) is 20.8 Å². The summed E-state index contributed by atoms with van der Waals surface area (Å²) in [5.74, 6) is -1.33. The predicted molar refractivity (Wildman–Crippen MR) is 61.6 cm³/mol. The lowest BCUT2D eigenvalue weighted by Gasteiger charge is -2.40. The lowest BCUT2D eigenvalue weighted by Crippen LogP contribution is -2.62. The lowest BCUT2D eigenvalue weighted by atomic mass is 9.80. The molecule has 0 saturated heterocycles. The van der Waals surface area contributed by atoms with Crippen molar-refractivity contribution < 1.29 is 24.5 Å². The summed E-state index contributed by atoms with van der Waals surface area (Å²) < 4.78 is 5.04. The van der Waals surface area contributed by atoms with Crippen LogP contribution in [-0.4, -0.2) is 34.4 Å². The smallest absolute Gasteiger partial charge is 0.408 e. The van der Waals surface area contributed by atoms with Crippen LogP contribution in [0, 0.1) is 0 Å². The van der Waals surface area contributed by atoms with Crippen molar-refractivity contribution >= 4 is 12.1 Å². The number of carbonyl (C=O) groups excluding carboxylic acids is 2. The Morgan fingerprint density at radius 1 is 1.33 bits per heavy atom. The molecule has 18 heavy (non-hydrogen) atoms. The number of carbonyl (C=O) groups is 2. The van der Waals surface area contributed by atoms with E-state index in [1.165, 1.54) is 0 Å². The number of alkyl carbamates (subject to hydrolysis) is 1. The van der Waals surface area contributed by atoms with Gasteiger partial charge >= 0.3 is 6.09 Å². The Hall–Kier alpha value is -1.30. The van der Waals surface area contributed by atoms with Gasteiger partial charge in [-0.15, -0.1) is 0 Å². The van der Waals surface area contributed by atoms with Gasteiger partial charge in [0.1, 0.15) is 5.60 Å². The van der Waals surface area contributed by atoms with Crippen molar-refractivity contribution in [1.29, 1.82) is 0 Å². The molecule has 0 aromatic rings. The van der Waals surface area contributed by atoms with Crippen molar-refractivity contribution in [2.75, 3.05) is 0 Å². The minimum Gasteiger partial charge on any atom is -0.548 e. The Bertz CT molecular complexity index is 326. The van der Waals surface area contributed by atoms with E-state index < -0.39 is 29.3 Å². The number of aliphatic hydroxyl groups is 1. The molecule has 104 valence electrons. The first-order chi connectivity index (χ1) is 8.15. The number of amides is 1. The Balaban J connectivity index is 2.70. The van der Waals surface area contributed by atoms with E-state index in [4.69, 9.17) is 4.74 Å². The third-order valence-electron chi connectivity index (χ3n) is 2.94. The zero-order chi connectivity index (χ0) is 14.0. The topological polar surface area (TPSA) is 98.7 Å². The minimum absolute atomic E-state index is 0.149. The minimum atomic E-state index is -1.43. The number of ether oxygens (including phenoxy) is 1. The van der Waals surface area contributed by atoms with Crippen LogP contribution in [0.15, 0.2) is 0 Å². The average Bonchev–Trinajstić information content (AvgIpc) is 2.18. The molecule has 1 fully saturated rings. The average molecular weight is 258 g/mol. The van der Waals surface area contributed by atoms with Crippen molar-refractivity contribution in [1.82, 2.24) is 5.32 Å². The number of nitrogens with one attached hydrogen (secondary N) is 1. The summed E-state index contributed by atoms with van der Waals surface area (Å²) in [6, 6.07) is 0. The molecule has 0 unspecified atom stereocenters. The van der Waals surface area contributed by atoms with E-state index in [2.05, 4.69) is 5.32 Å². The second-order valence-corrected chi connectivity index (χ2v) is 5.73. The van der Waals surface area contributed by atoms with Crippen LogP contribution in [0.5, 0.6) is 0 Å². The summed E-state index contributed by atoms with van der Waals surface area (Å²) in [5, 5.41) is 23.0. The van der Waals surface area contributed by atoms with Gasteiger partial charge < -0.3 is 25.1 Å². The van der Waals surface area contributed by atoms with E-state index >= 15 is 0 Å². The fourth-order valence-electron chi connectivity index (χ4n) is 1.97. The highest BCUT2D eigenvalue weighted by Gasteiger charge is 2.38. The van der Waals surface area contributed by atoms with Crippen molar-refractivity contribution in [2.45, 2.75) is 63.7 Å². The fourth-order valence-corrected chi connectivity index (χ4v) is 1.97. The number of rotatable bonds is 2. The van der Waals surface area contributed by atoms with Gasteiger partial charge in [0.2, 0.25) is 0 Å². The Morgan fingerprint density at radius 2 is 1.83 bits per heavy atom. The number of aliphatic hydroxyl groups excluding tert-OH is 1. The molecule has 6 heteroatoms. The summed E-state index contributed by atoms with van der Waals surface area (Å²) in [7, 11) is 0. The van der Waals surface area contributed by atoms with Gasteiger partial charge in [0, 0.05) is 0 Å². The quantitative estimate of drug-likeness (QED) is 0.722. The van der Waals surface area contributed by atoms with Gasteiger partial charge in [-0.05, 0) is 46.5 Å². The molecule has 0 heterocycles. The predicted octanol–water partition coefficient (Wildman–Crippen LogP) is -0.0653. The Morgan fingerprint density at radius 3 is 2.22 bits per heavy atom. The molecule has 0 spiro atoms. The molecule has 0 aromatic carbocycles. The van der Waals surface area contributed by atoms with E-state index in [0.29, 0.717) is 12.8 Å². The van der Waals surface area contributed by atoms with Crippen LogP contribution < -0.4 is 10.4 Å². The maximum Gasteiger partial charge on any atom is 0.408 e. The molecule has 0 radical (unpaired) electrons. The number of hydrogen-bond donors (Lipinski definition) is 2. The first kappa shape index (κ1) is 14.8. The van der Waals surface area contributed by atoms with Crippen LogP contribution in [0.4, 0.5) is 4.79 Å². The van der Waals surface area contributed by atoms with Crippen LogP contribution in [0.1, 0.15) is 46.5 Å². The zero-order valence-electron chi connectivity index (χ0n) is 11.0. The largest absolute Gasteiger partial charge is 0.548 e. The first-order valence-corrected chi connectivity index (χ1v) is 6.05. The zero-order valence-corrected chi connectivity index (χ0v) is 11.0. The van der Waals surface area contributed by atoms with Gasteiger partial charge in [-0.2, -0.15) is 0 Å². The van der Waals surface area contributed by atoms with Crippen molar-refractivity contribution in [3.8, 4) is 0 Å². The summed E-state index contributed by atoms with van der Waals surface area (Å²) >= 11 is 0. The van der Waals surface area contributed by atoms with Crippen LogP contribution in [0.2, 0.25) is 0 Å². The van der Waals surface area contributed by atoms with Gasteiger partial charge in [-0.25, -0.2) is 4.79 Å². The fraction of sp³-hybridized carbons (Fsp3) is 0.833. The van der Waals surface area contributed by atoms with Crippen molar-refractivity contribution in [3.63, 3.8) is 0 Å². The molecule has 0 bridgehead atoms. The molecule has 1 aliphatic carbocycles. The maximum atomic E-state index is 11.6. The molecule has 1 rings (SSSR count). The maximum absolute atomic E-state index is 11.6. The lowest BCUT2D eigenvalue weighted by molar-refractivity contribution is -0.315. The highest BCUT2D eigenvalue weighted by molar-refractivity contribution is 5.83. The molecular weight excluding hydrogens is 238 g/mol. The summed E-state index contributed by atoms with van der Waals surface area (Å²) in [4.78, 5) is 22.9. The van der Waals surface area contributed by atoms with Crippen LogP contribution in [0.3, 0.4) is 0 Å². The number of carboxylic acids is 1. The summed E-state index contributed by atoms with van der Waals surface area (Å²) in [6.07, 6.45) is -0.347. The van der Waals surface area contributed by atoms with Crippen LogP contribution >= 0.6 is 0 Å². The Labute approximate surface area is 106 Å². The van der Waals surface area contributed by atoms with Gasteiger partial charge in [0.05, 0.1) is 17.6 Å². The summed E-state index contributed by atoms with van der Waals surface area (Å²) in [5.41, 5.74) is -2.12. The monoisotopic (exact) mass is 258 g/mol. The molecule has 6 nitrogen and oxygen atoms in total. The van der Waals surface area contributed by atoms with E-state index in [9.17, 15) is 19.8 Å². The molecule has 1 amide bonds. The highest BCUT2D eigenvalue weighted by Crippen LogP contribution is 2.28. The third-order valence-corrected chi connectivity index (χ3v) is 2.94. The highest BCUT2D eigenvalue weighted by atomic mass is 16.6. The second-order valence-electron chi connectivity index (χ2n) is 5.73. The molecule has 0 atom stereocenters. The molecule has 1 aliphatic rings. The van der Waals surface area contributed by atoms with Crippen molar-refractivity contribution in [3.05, 3.63) is 0 Å². The second kappa shape index (κ2) is 5.14. The number of hydrogen-bond acceptors (Lipinski definition) is 5. The standard InChI is InChI=1S/C12H21NO5/c1-11(2,3)18-10(17)13-12(9(15)16)6-4-8(14)5-7-12/h8,14H,4-7H2,1-3H3,(H,13,17)(H,15,16)/p-1. The number of aliphatic carboxylic acids is 1. The van der Waals surface area contributed by atoms with Gasteiger partial charge in [0.25, 0.3) is 0 Å². The van der Waals surface area contributed by atoms with Gasteiger partial charge in [-0.1, -0.05) is 0 Å². The SMILES string of the molecule is CC(C)(C)OC(=O)NC1(C(=O)[O-])CCC(O)CC1. The van der Waals surface area contributed by atoms with Crippen LogP contribution in [0.25, 0.3) is 0 Å². The molecule has 1 saturated carbocycles. The Kier molecular flexibility index (Phi) is 4.21. The number of carboxylic acid groups (broad SMARTS) is 1. The third kappa shape index (κ3) is 3.87. The molecule has 2 N–H and O–H groups in total. The van der Waals surface area contributed by atoms with Gasteiger partial charge in [-0.3, -0.25) is 0 Å². The first-order valence-electron chi connectivity index (χ1n) is 6.05. The van der Waals surface area contributed by atoms with E-state index in [0.717, 1.165) is 0 Å². The van der Waals surface area contributed by atoms with Crippen LogP contribution in [-0.2, 0) is 9.53 Å². The molecular formula is C12H20NO5-. The molecule has 0 aromatic heterocycles. The normalized spacial score (nSPS) is 28.6.